The van der Waals surface area contributed by atoms with E-state index in [2.05, 4.69) is 30.9 Å². The zero-order chi connectivity index (χ0) is 13.1. The third-order valence-corrected chi connectivity index (χ3v) is 4.59. The van der Waals surface area contributed by atoms with Crippen LogP contribution in [0.3, 0.4) is 0 Å². The summed E-state index contributed by atoms with van der Waals surface area (Å²) < 4.78 is 0. The third-order valence-electron chi connectivity index (χ3n) is 3.88. The Labute approximate surface area is 120 Å². The van der Waals surface area contributed by atoms with E-state index in [1.807, 2.05) is 6.07 Å². The van der Waals surface area contributed by atoms with Crippen LogP contribution in [-0.4, -0.2) is 23.4 Å². The van der Waals surface area contributed by atoms with Gasteiger partial charge in [0.15, 0.2) is 0 Å². The van der Waals surface area contributed by atoms with Crippen LogP contribution in [0.5, 0.6) is 0 Å². The average molecular weight is 286 g/mol. The minimum atomic E-state index is 0.301. The number of aryl methyl sites for hydroxylation is 1. The molecule has 0 saturated carbocycles. The van der Waals surface area contributed by atoms with Gasteiger partial charge in [-0.2, -0.15) is 0 Å². The van der Waals surface area contributed by atoms with Gasteiger partial charge >= 0.3 is 0 Å². The van der Waals surface area contributed by atoms with Crippen molar-refractivity contribution < 1.29 is 0 Å². The van der Waals surface area contributed by atoms with Crippen molar-refractivity contribution in [2.24, 2.45) is 5.92 Å². The molecule has 1 saturated heterocycles. The second-order valence-corrected chi connectivity index (χ2v) is 6.48. The van der Waals surface area contributed by atoms with Gasteiger partial charge in [-0.15, -0.1) is 11.6 Å². The van der Waals surface area contributed by atoms with E-state index in [0.29, 0.717) is 11.3 Å². The molecule has 1 heterocycles. The van der Waals surface area contributed by atoms with Gasteiger partial charge in [0.2, 0.25) is 0 Å². The molecule has 1 aliphatic heterocycles. The van der Waals surface area contributed by atoms with Crippen molar-refractivity contribution in [3.63, 3.8) is 0 Å². The highest BCUT2D eigenvalue weighted by Crippen LogP contribution is 2.26. The summed E-state index contributed by atoms with van der Waals surface area (Å²) in [6.45, 7) is 7.40. The third kappa shape index (κ3) is 3.63. The van der Waals surface area contributed by atoms with Crippen molar-refractivity contribution in [2.45, 2.75) is 38.6 Å². The van der Waals surface area contributed by atoms with E-state index in [1.54, 1.807) is 0 Å². The summed E-state index contributed by atoms with van der Waals surface area (Å²) in [5, 5.41) is 1.19. The van der Waals surface area contributed by atoms with Crippen LogP contribution in [0.15, 0.2) is 18.2 Å². The first-order chi connectivity index (χ1) is 8.56. The number of likely N-dealkylation sites (tertiary alicyclic amines) is 1. The molecule has 100 valence electrons. The monoisotopic (exact) mass is 285 g/mol. The van der Waals surface area contributed by atoms with E-state index >= 15 is 0 Å². The van der Waals surface area contributed by atoms with Crippen LogP contribution in [-0.2, 0) is 6.54 Å². The molecule has 0 bridgehead atoms. The molecule has 0 radical (unpaired) electrons. The minimum absolute atomic E-state index is 0.301. The summed E-state index contributed by atoms with van der Waals surface area (Å²) in [5.41, 5.74) is 2.46. The molecular formula is C15H21Cl2N. The van der Waals surface area contributed by atoms with E-state index < -0.39 is 0 Å². The molecule has 1 nitrogen and oxygen atoms in total. The Hall–Kier alpha value is -0.240. The first kappa shape index (κ1) is 14.2. The molecule has 1 unspecified atom stereocenters. The molecule has 0 spiro atoms. The Morgan fingerprint density at radius 2 is 2.00 bits per heavy atom. The standard InChI is InChI=1S/C15H21Cl2N/c1-11-3-4-14(15(17)9-11)10-18-7-5-13(6-8-18)12(2)16/h3-4,9,12-13H,5-8,10H2,1-2H3. The number of hydrogen-bond acceptors (Lipinski definition) is 1. The van der Waals surface area contributed by atoms with Gasteiger partial charge in [0.25, 0.3) is 0 Å². The Balaban J connectivity index is 1.91. The number of benzene rings is 1. The van der Waals surface area contributed by atoms with Crippen molar-refractivity contribution in [2.75, 3.05) is 13.1 Å². The van der Waals surface area contributed by atoms with E-state index in [0.717, 1.165) is 24.7 Å². The normalized spacial score (nSPS) is 20.0. The summed E-state index contributed by atoms with van der Waals surface area (Å²) >= 11 is 12.4. The highest BCUT2D eigenvalue weighted by Gasteiger charge is 2.22. The Morgan fingerprint density at radius 3 is 2.56 bits per heavy atom. The largest absolute Gasteiger partial charge is 0.299 e. The summed E-state index contributed by atoms with van der Waals surface area (Å²) in [7, 11) is 0. The number of nitrogens with zero attached hydrogens (tertiary/aromatic N) is 1. The molecule has 2 rings (SSSR count). The Kier molecular flexibility index (Phi) is 4.94. The lowest BCUT2D eigenvalue weighted by atomic mass is 9.94. The fourth-order valence-corrected chi connectivity index (χ4v) is 3.14. The van der Waals surface area contributed by atoms with Gasteiger partial charge in [0.05, 0.1) is 0 Å². The zero-order valence-corrected chi connectivity index (χ0v) is 12.6. The fourth-order valence-electron chi connectivity index (χ4n) is 2.59. The number of hydrogen-bond donors (Lipinski definition) is 0. The van der Waals surface area contributed by atoms with E-state index in [9.17, 15) is 0 Å². The van der Waals surface area contributed by atoms with Crippen LogP contribution in [0.4, 0.5) is 0 Å². The summed E-state index contributed by atoms with van der Waals surface area (Å²) in [6.07, 6.45) is 2.41. The van der Waals surface area contributed by atoms with Gasteiger partial charge in [-0.05, 0) is 62.9 Å². The van der Waals surface area contributed by atoms with E-state index in [1.165, 1.54) is 24.0 Å². The molecular weight excluding hydrogens is 265 g/mol. The van der Waals surface area contributed by atoms with Crippen LogP contribution in [0, 0.1) is 12.8 Å². The fraction of sp³-hybridized carbons (Fsp3) is 0.600. The number of rotatable bonds is 3. The average Bonchev–Trinajstić information content (AvgIpc) is 2.33. The van der Waals surface area contributed by atoms with Gasteiger partial charge in [-0.1, -0.05) is 23.7 Å². The predicted molar refractivity (Wildman–Crippen MR) is 79.5 cm³/mol. The topological polar surface area (TPSA) is 3.24 Å². The van der Waals surface area contributed by atoms with Crippen molar-refractivity contribution in [3.05, 3.63) is 34.3 Å². The lowest BCUT2D eigenvalue weighted by Crippen LogP contribution is -2.35. The predicted octanol–water partition coefficient (Wildman–Crippen LogP) is 4.49. The quantitative estimate of drug-likeness (QED) is 0.740. The number of alkyl halides is 1. The SMILES string of the molecule is Cc1ccc(CN2CCC(C(C)Cl)CC2)c(Cl)c1. The molecule has 1 aliphatic rings. The van der Waals surface area contributed by atoms with Crippen LogP contribution in [0.2, 0.25) is 5.02 Å². The van der Waals surface area contributed by atoms with Gasteiger partial charge < -0.3 is 0 Å². The second-order valence-electron chi connectivity index (χ2n) is 5.39. The van der Waals surface area contributed by atoms with Crippen LogP contribution >= 0.6 is 23.2 Å². The maximum atomic E-state index is 6.28. The van der Waals surface area contributed by atoms with Crippen molar-refractivity contribution in [1.82, 2.24) is 4.90 Å². The lowest BCUT2D eigenvalue weighted by molar-refractivity contribution is 0.176. The van der Waals surface area contributed by atoms with Crippen LogP contribution in [0.25, 0.3) is 0 Å². The van der Waals surface area contributed by atoms with Crippen LogP contribution < -0.4 is 0 Å². The number of halogens is 2. The first-order valence-corrected chi connectivity index (χ1v) is 7.49. The molecule has 0 aromatic heterocycles. The lowest BCUT2D eigenvalue weighted by Gasteiger charge is -2.33. The molecule has 0 amide bonds. The van der Waals surface area contributed by atoms with Crippen molar-refractivity contribution in [1.29, 1.82) is 0 Å². The molecule has 1 aromatic rings. The smallest absolute Gasteiger partial charge is 0.0453 e. The van der Waals surface area contributed by atoms with Gasteiger partial charge in [-0.3, -0.25) is 4.90 Å². The van der Waals surface area contributed by atoms with Gasteiger partial charge in [0, 0.05) is 16.9 Å². The molecule has 1 atom stereocenters. The number of piperidine rings is 1. The highest BCUT2D eigenvalue weighted by atomic mass is 35.5. The molecule has 1 aromatic carbocycles. The summed E-state index contributed by atoms with van der Waals surface area (Å²) in [6, 6.07) is 6.33. The Bertz CT molecular complexity index is 395. The summed E-state index contributed by atoms with van der Waals surface area (Å²) in [5.74, 6) is 0.677. The molecule has 18 heavy (non-hydrogen) atoms. The maximum Gasteiger partial charge on any atom is 0.0453 e. The maximum absolute atomic E-state index is 6.28. The van der Waals surface area contributed by atoms with Crippen molar-refractivity contribution in [3.8, 4) is 0 Å². The van der Waals surface area contributed by atoms with Gasteiger partial charge in [-0.25, -0.2) is 0 Å². The highest BCUT2D eigenvalue weighted by molar-refractivity contribution is 6.31. The van der Waals surface area contributed by atoms with Crippen LogP contribution in [0.1, 0.15) is 30.9 Å². The molecule has 0 aliphatic carbocycles. The zero-order valence-electron chi connectivity index (χ0n) is 11.1. The molecule has 0 N–H and O–H groups in total. The second kappa shape index (κ2) is 6.27. The molecule has 1 fully saturated rings. The Morgan fingerprint density at radius 1 is 1.33 bits per heavy atom. The van der Waals surface area contributed by atoms with E-state index in [-0.39, 0.29) is 0 Å². The van der Waals surface area contributed by atoms with Crippen molar-refractivity contribution >= 4 is 23.2 Å². The first-order valence-electron chi connectivity index (χ1n) is 6.67. The summed E-state index contributed by atoms with van der Waals surface area (Å²) in [4.78, 5) is 2.48. The van der Waals surface area contributed by atoms with Gasteiger partial charge in [0.1, 0.15) is 0 Å². The molecule has 3 heteroatoms. The minimum Gasteiger partial charge on any atom is -0.299 e. The van der Waals surface area contributed by atoms with E-state index in [4.69, 9.17) is 23.2 Å².